The lowest BCUT2D eigenvalue weighted by molar-refractivity contribution is 0.592. The van der Waals surface area contributed by atoms with Crippen molar-refractivity contribution >= 4 is 11.1 Å². The lowest BCUT2D eigenvalue weighted by atomic mass is 10.2. The monoisotopic (exact) mass is 292 g/mol. The minimum atomic E-state index is -0.336. The zero-order chi connectivity index (χ0) is 15.1. The van der Waals surface area contributed by atoms with Gasteiger partial charge in [0.25, 0.3) is 0 Å². The normalized spacial score (nSPS) is 11.2. The van der Waals surface area contributed by atoms with Crippen molar-refractivity contribution in [2.75, 3.05) is 0 Å². The molecule has 0 bridgehead atoms. The van der Waals surface area contributed by atoms with Crippen molar-refractivity contribution in [2.24, 2.45) is 0 Å². The van der Waals surface area contributed by atoms with Crippen molar-refractivity contribution < 1.29 is 8.81 Å². The highest BCUT2D eigenvalue weighted by atomic mass is 19.1. The molecule has 0 aliphatic heterocycles. The minimum absolute atomic E-state index is 0.306. The van der Waals surface area contributed by atoms with E-state index < -0.39 is 0 Å². The highest BCUT2D eigenvalue weighted by Gasteiger charge is 2.14. The molecule has 2 aromatic carbocycles. The first-order chi connectivity index (χ1) is 10.7. The van der Waals surface area contributed by atoms with E-state index in [-0.39, 0.29) is 5.82 Å². The van der Waals surface area contributed by atoms with Crippen molar-refractivity contribution in [3.8, 4) is 17.1 Å². The summed E-state index contributed by atoms with van der Waals surface area (Å²) in [4.78, 5) is 4.46. The number of aromatic nitrogens is 2. The molecule has 0 N–H and O–H groups in total. The standard InChI is InChI=1S/C18H13FN2O/c1-12-10-13(21-8-4-5-9-21)11-16-17(12)22-18(20-16)14-6-2-3-7-15(14)19/h2-11H,1H3. The summed E-state index contributed by atoms with van der Waals surface area (Å²) in [5.74, 6) is -0.0294. The van der Waals surface area contributed by atoms with Gasteiger partial charge in [-0.3, -0.25) is 0 Å². The highest BCUT2D eigenvalue weighted by Crippen LogP contribution is 2.29. The number of fused-ring (bicyclic) bond motifs is 1. The summed E-state index contributed by atoms with van der Waals surface area (Å²) in [5.41, 5.74) is 3.76. The summed E-state index contributed by atoms with van der Waals surface area (Å²) in [5, 5.41) is 0. The quantitative estimate of drug-likeness (QED) is 0.534. The topological polar surface area (TPSA) is 31.0 Å². The largest absolute Gasteiger partial charge is 0.436 e. The van der Waals surface area contributed by atoms with Gasteiger partial charge in [-0.15, -0.1) is 0 Å². The summed E-state index contributed by atoms with van der Waals surface area (Å²) >= 11 is 0. The van der Waals surface area contributed by atoms with Crippen LogP contribution in [-0.4, -0.2) is 9.55 Å². The molecule has 0 unspecified atom stereocenters. The van der Waals surface area contributed by atoms with Crippen LogP contribution < -0.4 is 0 Å². The number of nitrogens with zero attached hydrogens (tertiary/aromatic N) is 2. The number of hydrogen-bond donors (Lipinski definition) is 0. The van der Waals surface area contributed by atoms with E-state index in [0.29, 0.717) is 17.0 Å². The molecular weight excluding hydrogens is 279 g/mol. The van der Waals surface area contributed by atoms with E-state index in [1.165, 1.54) is 6.07 Å². The molecule has 0 saturated heterocycles. The van der Waals surface area contributed by atoms with E-state index in [2.05, 4.69) is 4.98 Å². The smallest absolute Gasteiger partial charge is 0.230 e. The third-order valence-electron chi connectivity index (χ3n) is 3.67. The fraction of sp³-hybridized carbons (Fsp3) is 0.0556. The molecule has 108 valence electrons. The van der Waals surface area contributed by atoms with Gasteiger partial charge in [0.1, 0.15) is 11.3 Å². The summed E-state index contributed by atoms with van der Waals surface area (Å²) in [6.07, 6.45) is 3.94. The molecule has 0 saturated carbocycles. The van der Waals surface area contributed by atoms with Crippen LogP contribution in [0.4, 0.5) is 4.39 Å². The molecule has 22 heavy (non-hydrogen) atoms. The molecule has 4 aromatic rings. The molecule has 0 aliphatic carbocycles. The van der Waals surface area contributed by atoms with Gasteiger partial charge in [-0.1, -0.05) is 12.1 Å². The number of rotatable bonds is 2. The third kappa shape index (κ3) is 2.00. The van der Waals surface area contributed by atoms with Crippen molar-refractivity contribution in [3.05, 3.63) is 72.3 Å². The van der Waals surface area contributed by atoms with E-state index in [4.69, 9.17) is 4.42 Å². The summed E-state index contributed by atoms with van der Waals surface area (Å²) < 4.78 is 21.7. The van der Waals surface area contributed by atoms with E-state index in [1.54, 1.807) is 18.2 Å². The molecule has 0 fully saturated rings. The van der Waals surface area contributed by atoms with Gasteiger partial charge in [0, 0.05) is 18.1 Å². The maximum Gasteiger partial charge on any atom is 0.230 e. The predicted molar refractivity (Wildman–Crippen MR) is 83.5 cm³/mol. The summed E-state index contributed by atoms with van der Waals surface area (Å²) in [7, 11) is 0. The van der Waals surface area contributed by atoms with E-state index in [0.717, 1.165) is 16.8 Å². The van der Waals surface area contributed by atoms with Crippen molar-refractivity contribution in [3.63, 3.8) is 0 Å². The van der Waals surface area contributed by atoms with Crippen LogP contribution >= 0.6 is 0 Å². The second-order valence-electron chi connectivity index (χ2n) is 5.20. The second-order valence-corrected chi connectivity index (χ2v) is 5.20. The number of oxazole rings is 1. The molecule has 3 nitrogen and oxygen atoms in total. The second kappa shape index (κ2) is 4.84. The van der Waals surface area contributed by atoms with Gasteiger partial charge in [-0.25, -0.2) is 9.37 Å². The van der Waals surface area contributed by atoms with Crippen molar-refractivity contribution in [2.45, 2.75) is 6.92 Å². The van der Waals surface area contributed by atoms with E-state index in [9.17, 15) is 4.39 Å². The zero-order valence-corrected chi connectivity index (χ0v) is 12.0. The Bertz CT molecular complexity index is 955. The van der Waals surface area contributed by atoms with Gasteiger partial charge in [-0.2, -0.15) is 0 Å². The van der Waals surface area contributed by atoms with E-state index >= 15 is 0 Å². The minimum Gasteiger partial charge on any atom is -0.436 e. The first-order valence-electron chi connectivity index (χ1n) is 7.02. The molecular formula is C18H13FN2O. The average Bonchev–Trinajstić information content (AvgIpc) is 3.17. The maximum absolute atomic E-state index is 13.9. The Morgan fingerprint density at radius 2 is 1.82 bits per heavy atom. The molecule has 0 aliphatic rings. The van der Waals surface area contributed by atoms with Crippen molar-refractivity contribution in [1.82, 2.24) is 9.55 Å². The number of benzene rings is 2. The average molecular weight is 292 g/mol. The molecule has 0 amide bonds. The molecule has 2 heterocycles. The number of halogens is 1. The fourth-order valence-electron chi connectivity index (χ4n) is 2.59. The van der Waals surface area contributed by atoms with Crippen LogP contribution in [0.2, 0.25) is 0 Å². The summed E-state index contributed by atoms with van der Waals surface area (Å²) in [6.45, 7) is 1.96. The van der Waals surface area contributed by atoms with Gasteiger partial charge >= 0.3 is 0 Å². The number of hydrogen-bond acceptors (Lipinski definition) is 2. The van der Waals surface area contributed by atoms with E-state index in [1.807, 2.05) is 48.1 Å². The van der Waals surface area contributed by atoms with Crippen LogP contribution in [0.3, 0.4) is 0 Å². The SMILES string of the molecule is Cc1cc(-n2cccc2)cc2nc(-c3ccccc3F)oc12. The van der Waals surface area contributed by atoms with Gasteiger partial charge < -0.3 is 8.98 Å². The molecule has 0 spiro atoms. The lowest BCUT2D eigenvalue weighted by Gasteiger charge is -2.03. The highest BCUT2D eigenvalue weighted by molar-refractivity contribution is 5.81. The van der Waals surface area contributed by atoms with Gasteiger partial charge in [0.15, 0.2) is 5.58 Å². The first-order valence-corrected chi connectivity index (χ1v) is 7.02. The molecule has 4 rings (SSSR count). The Hall–Kier alpha value is -2.88. The Morgan fingerprint density at radius 3 is 2.59 bits per heavy atom. The van der Waals surface area contributed by atoms with Crippen LogP contribution in [0.15, 0.2) is 65.3 Å². The Morgan fingerprint density at radius 1 is 1.05 bits per heavy atom. The number of aryl methyl sites for hydroxylation is 1. The Balaban J connectivity index is 1.91. The van der Waals surface area contributed by atoms with Gasteiger partial charge in [0.05, 0.1) is 5.56 Å². The molecule has 0 radical (unpaired) electrons. The van der Waals surface area contributed by atoms with Crippen LogP contribution in [0, 0.1) is 12.7 Å². The van der Waals surface area contributed by atoms with Crippen LogP contribution in [0.1, 0.15) is 5.56 Å². The molecule has 2 aromatic heterocycles. The van der Waals surface area contributed by atoms with Gasteiger partial charge in [0.2, 0.25) is 5.89 Å². The molecule has 0 atom stereocenters. The van der Waals surface area contributed by atoms with Crippen LogP contribution in [0.25, 0.3) is 28.2 Å². The Labute approximate surface area is 126 Å². The predicted octanol–water partition coefficient (Wildman–Crippen LogP) is 4.73. The van der Waals surface area contributed by atoms with Crippen LogP contribution in [0.5, 0.6) is 0 Å². The fourth-order valence-corrected chi connectivity index (χ4v) is 2.59. The third-order valence-corrected chi connectivity index (χ3v) is 3.67. The van der Waals surface area contributed by atoms with Crippen LogP contribution in [-0.2, 0) is 0 Å². The lowest BCUT2D eigenvalue weighted by Crippen LogP contribution is -1.90. The first kappa shape index (κ1) is 12.8. The van der Waals surface area contributed by atoms with Crippen molar-refractivity contribution in [1.29, 1.82) is 0 Å². The maximum atomic E-state index is 13.9. The zero-order valence-electron chi connectivity index (χ0n) is 12.0. The Kier molecular flexibility index (Phi) is 2.82. The summed E-state index contributed by atoms with van der Waals surface area (Å²) in [6, 6.07) is 14.4. The van der Waals surface area contributed by atoms with Gasteiger partial charge in [-0.05, 0) is 48.9 Å². The molecule has 4 heteroatoms.